The smallest absolute Gasteiger partial charge is 0.276 e. The van der Waals surface area contributed by atoms with Crippen molar-refractivity contribution in [1.82, 2.24) is 15.1 Å². The standard InChI is InChI=1S/C25H23ClF2N6O3/c26-22-17(18(27)5-6-19(22)28)14-34-8-7-29-23-21(34)13-20(31-32-23)24(35)30-16-3-1-15(2-4-16)25(36)33-9-11-37-12-10-33/h1-6,13H,7-12,14H2,(H,29,32)(H,30,35). The molecular weight excluding hydrogens is 506 g/mol. The van der Waals surface area contributed by atoms with Crippen molar-refractivity contribution in [2.75, 3.05) is 54.9 Å². The van der Waals surface area contributed by atoms with Gasteiger partial charge in [-0.2, -0.15) is 0 Å². The van der Waals surface area contributed by atoms with Gasteiger partial charge in [0.1, 0.15) is 11.6 Å². The van der Waals surface area contributed by atoms with Crippen molar-refractivity contribution in [3.05, 3.63) is 75.9 Å². The third-order valence-corrected chi connectivity index (χ3v) is 6.61. The lowest BCUT2D eigenvalue weighted by atomic mass is 10.1. The first-order valence-electron chi connectivity index (χ1n) is 11.7. The Hall–Kier alpha value is -3.83. The number of halogens is 3. The number of benzene rings is 2. The molecule has 0 unspecified atom stereocenters. The molecule has 2 aliphatic rings. The molecule has 0 radical (unpaired) electrons. The van der Waals surface area contributed by atoms with E-state index in [2.05, 4.69) is 20.8 Å². The van der Waals surface area contributed by atoms with Gasteiger partial charge in [0, 0.05) is 49.5 Å². The number of hydrogen-bond donors (Lipinski definition) is 2. The number of carbonyl (C=O) groups excluding carboxylic acids is 2. The second kappa shape index (κ2) is 10.7. The molecule has 1 aromatic heterocycles. The molecule has 0 aliphatic carbocycles. The summed E-state index contributed by atoms with van der Waals surface area (Å²) in [5.41, 5.74) is 1.55. The minimum atomic E-state index is -0.709. The molecule has 9 nitrogen and oxygen atoms in total. The summed E-state index contributed by atoms with van der Waals surface area (Å²) in [4.78, 5) is 29.0. The number of nitrogens with one attached hydrogen (secondary N) is 2. The van der Waals surface area contributed by atoms with E-state index < -0.39 is 17.5 Å². The van der Waals surface area contributed by atoms with Gasteiger partial charge in [-0.05, 0) is 42.5 Å². The van der Waals surface area contributed by atoms with Crippen LogP contribution in [-0.4, -0.2) is 66.3 Å². The van der Waals surface area contributed by atoms with E-state index in [9.17, 15) is 18.4 Å². The second-order valence-corrected chi connectivity index (χ2v) is 8.95. The predicted molar refractivity (Wildman–Crippen MR) is 134 cm³/mol. The number of rotatable bonds is 5. The Labute approximate surface area is 216 Å². The molecule has 3 aromatic rings. The van der Waals surface area contributed by atoms with Crippen molar-refractivity contribution >= 4 is 40.6 Å². The summed E-state index contributed by atoms with van der Waals surface area (Å²) >= 11 is 6.01. The molecular formula is C25H23ClF2N6O3. The van der Waals surface area contributed by atoms with Crippen molar-refractivity contribution in [1.29, 1.82) is 0 Å². The summed E-state index contributed by atoms with van der Waals surface area (Å²) < 4.78 is 33.6. The monoisotopic (exact) mass is 528 g/mol. The Morgan fingerprint density at radius 1 is 1.03 bits per heavy atom. The average Bonchev–Trinajstić information content (AvgIpc) is 2.93. The Bertz CT molecular complexity index is 1330. The van der Waals surface area contributed by atoms with Crippen LogP contribution < -0.4 is 15.5 Å². The highest BCUT2D eigenvalue weighted by atomic mass is 35.5. The third kappa shape index (κ3) is 5.32. The fourth-order valence-electron chi connectivity index (χ4n) is 4.20. The Morgan fingerprint density at radius 2 is 1.76 bits per heavy atom. The number of ether oxygens (including phenoxy) is 1. The average molecular weight is 529 g/mol. The van der Waals surface area contributed by atoms with Crippen LogP contribution in [0.3, 0.4) is 0 Å². The number of anilines is 3. The van der Waals surface area contributed by atoms with Gasteiger partial charge >= 0.3 is 0 Å². The summed E-state index contributed by atoms with van der Waals surface area (Å²) in [6, 6.07) is 10.1. The maximum absolute atomic E-state index is 14.4. The van der Waals surface area contributed by atoms with E-state index in [1.54, 1.807) is 34.1 Å². The number of aromatic nitrogens is 2. The number of carbonyl (C=O) groups is 2. The van der Waals surface area contributed by atoms with E-state index in [4.69, 9.17) is 16.3 Å². The van der Waals surface area contributed by atoms with E-state index in [0.717, 1.165) is 12.1 Å². The molecule has 37 heavy (non-hydrogen) atoms. The van der Waals surface area contributed by atoms with Gasteiger partial charge in [-0.25, -0.2) is 8.78 Å². The molecule has 0 spiro atoms. The lowest BCUT2D eigenvalue weighted by Gasteiger charge is -2.31. The lowest BCUT2D eigenvalue weighted by Crippen LogP contribution is -2.40. The molecule has 3 heterocycles. The van der Waals surface area contributed by atoms with Crippen LogP contribution in [0.1, 0.15) is 26.4 Å². The summed E-state index contributed by atoms with van der Waals surface area (Å²) in [6.45, 7) is 3.04. The molecule has 2 aromatic carbocycles. The topological polar surface area (TPSA) is 99.7 Å². The maximum atomic E-state index is 14.4. The zero-order valence-corrected chi connectivity index (χ0v) is 20.4. The minimum absolute atomic E-state index is 0.0114. The Kier molecular flexibility index (Phi) is 7.15. The van der Waals surface area contributed by atoms with Crippen LogP contribution in [0, 0.1) is 11.6 Å². The lowest BCUT2D eigenvalue weighted by molar-refractivity contribution is 0.0303. The molecule has 2 N–H and O–H groups in total. The molecule has 1 fully saturated rings. The van der Waals surface area contributed by atoms with Gasteiger partial charge in [0.2, 0.25) is 0 Å². The number of hydrogen-bond acceptors (Lipinski definition) is 7. The van der Waals surface area contributed by atoms with E-state index in [0.29, 0.717) is 62.1 Å². The van der Waals surface area contributed by atoms with E-state index in [-0.39, 0.29) is 28.7 Å². The number of nitrogens with zero attached hydrogens (tertiary/aromatic N) is 4. The minimum Gasteiger partial charge on any atom is -0.378 e. The van der Waals surface area contributed by atoms with Gasteiger partial charge in [-0.1, -0.05) is 11.6 Å². The molecule has 1 saturated heterocycles. The van der Waals surface area contributed by atoms with Crippen molar-refractivity contribution in [2.24, 2.45) is 0 Å². The third-order valence-electron chi connectivity index (χ3n) is 6.20. The predicted octanol–water partition coefficient (Wildman–Crippen LogP) is 3.57. The van der Waals surface area contributed by atoms with Crippen LogP contribution >= 0.6 is 11.6 Å². The Morgan fingerprint density at radius 3 is 2.51 bits per heavy atom. The fourth-order valence-corrected chi connectivity index (χ4v) is 4.41. The summed E-state index contributed by atoms with van der Waals surface area (Å²) in [5.74, 6) is -1.52. The quantitative estimate of drug-likeness (QED) is 0.488. The molecule has 0 saturated carbocycles. The van der Waals surface area contributed by atoms with Gasteiger partial charge < -0.3 is 25.2 Å². The molecule has 192 valence electrons. The van der Waals surface area contributed by atoms with Crippen LogP contribution in [0.4, 0.5) is 26.0 Å². The van der Waals surface area contributed by atoms with Crippen molar-refractivity contribution in [3.63, 3.8) is 0 Å². The van der Waals surface area contributed by atoms with Gasteiger partial charge in [0.05, 0.1) is 23.9 Å². The first-order valence-corrected chi connectivity index (χ1v) is 12.1. The SMILES string of the molecule is O=C(Nc1ccc(C(=O)N2CCOCC2)cc1)c1cc2c(nn1)NCCN2Cc1c(F)ccc(F)c1Cl. The van der Waals surface area contributed by atoms with E-state index >= 15 is 0 Å². The molecule has 5 rings (SSSR count). The summed E-state index contributed by atoms with van der Waals surface area (Å²) in [5, 5.41) is 13.7. The Balaban J connectivity index is 1.31. The molecule has 2 aliphatic heterocycles. The van der Waals surface area contributed by atoms with E-state index in [1.165, 1.54) is 6.07 Å². The zero-order chi connectivity index (χ0) is 25.9. The maximum Gasteiger partial charge on any atom is 0.276 e. The number of fused-ring (bicyclic) bond motifs is 1. The van der Waals surface area contributed by atoms with E-state index in [1.807, 2.05) is 0 Å². The first-order chi connectivity index (χ1) is 17.9. The number of amides is 2. The first kappa shape index (κ1) is 24.8. The van der Waals surface area contributed by atoms with Crippen molar-refractivity contribution in [2.45, 2.75) is 6.54 Å². The van der Waals surface area contributed by atoms with Gasteiger partial charge in [0.25, 0.3) is 11.8 Å². The largest absolute Gasteiger partial charge is 0.378 e. The summed E-state index contributed by atoms with van der Waals surface area (Å²) in [7, 11) is 0. The van der Waals surface area contributed by atoms with Gasteiger partial charge in [-0.3, -0.25) is 9.59 Å². The van der Waals surface area contributed by atoms with Crippen molar-refractivity contribution in [3.8, 4) is 0 Å². The van der Waals surface area contributed by atoms with Gasteiger partial charge in [0.15, 0.2) is 11.5 Å². The van der Waals surface area contributed by atoms with Crippen LogP contribution in [0.25, 0.3) is 0 Å². The van der Waals surface area contributed by atoms with Crippen LogP contribution in [-0.2, 0) is 11.3 Å². The van der Waals surface area contributed by atoms with Crippen molar-refractivity contribution < 1.29 is 23.1 Å². The van der Waals surface area contributed by atoms with Crippen LogP contribution in [0.5, 0.6) is 0 Å². The highest BCUT2D eigenvalue weighted by Gasteiger charge is 2.24. The zero-order valence-electron chi connectivity index (χ0n) is 19.6. The fraction of sp³-hybridized carbons (Fsp3) is 0.280. The van der Waals surface area contributed by atoms with Crippen LogP contribution in [0.15, 0.2) is 42.5 Å². The highest BCUT2D eigenvalue weighted by molar-refractivity contribution is 6.31. The van der Waals surface area contributed by atoms with Crippen LogP contribution in [0.2, 0.25) is 5.02 Å². The normalized spacial score (nSPS) is 15.1. The molecule has 0 atom stereocenters. The second-order valence-electron chi connectivity index (χ2n) is 8.57. The molecule has 12 heteroatoms. The number of morpholine rings is 1. The van der Waals surface area contributed by atoms with Gasteiger partial charge in [-0.15, -0.1) is 10.2 Å². The highest BCUT2D eigenvalue weighted by Crippen LogP contribution is 2.31. The molecule has 2 amide bonds. The summed E-state index contributed by atoms with van der Waals surface area (Å²) in [6.07, 6.45) is 0. The molecule has 0 bridgehead atoms.